The predicted molar refractivity (Wildman–Crippen MR) is 108 cm³/mol. The van der Waals surface area contributed by atoms with Gasteiger partial charge in [-0.1, -0.05) is 25.5 Å². The van der Waals surface area contributed by atoms with Gasteiger partial charge in [0.1, 0.15) is 5.78 Å². The third kappa shape index (κ3) is 3.13. The molecule has 7 atom stereocenters. The van der Waals surface area contributed by atoms with Crippen molar-refractivity contribution in [2.45, 2.75) is 58.8 Å². The molecule has 0 bridgehead atoms. The van der Waals surface area contributed by atoms with E-state index in [0.717, 1.165) is 32.1 Å². The van der Waals surface area contributed by atoms with Gasteiger partial charge in [-0.25, -0.2) is 0 Å². The van der Waals surface area contributed by atoms with Gasteiger partial charge < -0.3 is 10.2 Å². The van der Waals surface area contributed by atoms with Crippen LogP contribution in [0.5, 0.6) is 0 Å². The number of allylic oxidation sites excluding steroid dienone is 4. The third-order valence-corrected chi connectivity index (χ3v) is 8.90. The fraction of sp³-hybridized carbons (Fsp3) is 0.708. The van der Waals surface area contributed by atoms with Crippen molar-refractivity contribution in [2.24, 2.45) is 40.4 Å². The van der Waals surface area contributed by atoms with Crippen LogP contribution >= 0.6 is 0 Å². The Morgan fingerprint density at radius 2 is 1.93 bits per heavy atom. The highest BCUT2D eigenvalue weighted by Crippen LogP contribution is 2.67. The Hall–Kier alpha value is -1.75. The molecule has 4 aliphatic rings. The number of carboxylic acids is 1. The molecule has 5 nitrogen and oxygen atoms in total. The van der Waals surface area contributed by atoms with Crippen molar-refractivity contribution in [3.63, 3.8) is 0 Å². The summed E-state index contributed by atoms with van der Waals surface area (Å²) in [5, 5.41) is 19.1. The molecule has 0 spiro atoms. The maximum absolute atomic E-state index is 13.0. The molecule has 0 aromatic carbocycles. The van der Waals surface area contributed by atoms with Crippen molar-refractivity contribution in [1.29, 1.82) is 0 Å². The lowest BCUT2D eigenvalue weighted by molar-refractivity contribution is -0.140. The predicted octanol–water partition coefficient (Wildman–Crippen LogP) is 3.56. The topological polar surface area (TPSA) is 91.7 Å². The number of hydrogen-bond donors (Lipinski definition) is 2. The van der Waals surface area contributed by atoms with Crippen LogP contribution < -0.4 is 0 Å². The van der Waals surface area contributed by atoms with Gasteiger partial charge in [0.05, 0.1) is 6.42 Å². The van der Waals surface area contributed by atoms with E-state index in [1.165, 1.54) is 5.57 Å². The number of ketones is 2. The van der Waals surface area contributed by atoms with Gasteiger partial charge in [0, 0.05) is 24.4 Å². The zero-order valence-electron chi connectivity index (χ0n) is 17.4. The number of aliphatic carboxylic acids is 1. The quantitative estimate of drug-likeness (QED) is 0.736. The molecule has 158 valence electrons. The van der Waals surface area contributed by atoms with E-state index in [9.17, 15) is 19.5 Å². The zero-order valence-corrected chi connectivity index (χ0v) is 17.4. The average molecular weight is 401 g/mol. The minimum atomic E-state index is -0.944. The smallest absolute Gasteiger partial charge is 0.303 e. The van der Waals surface area contributed by atoms with E-state index in [2.05, 4.69) is 19.9 Å². The number of aliphatic hydroxyl groups excluding tert-OH is 1. The molecule has 0 heterocycles. The van der Waals surface area contributed by atoms with E-state index >= 15 is 0 Å². The minimum absolute atomic E-state index is 0.0101. The van der Waals surface area contributed by atoms with Crippen LogP contribution in [0, 0.1) is 40.4 Å². The molecule has 2 N–H and O–H groups in total. The number of fused-ring (bicyclic) bond motifs is 5. The zero-order chi connectivity index (χ0) is 21.0. The number of Topliss-reactive ketones (excluding diaryl/α,β-unsaturated/α-hetero) is 1. The van der Waals surface area contributed by atoms with Gasteiger partial charge >= 0.3 is 5.97 Å². The first-order valence-corrected chi connectivity index (χ1v) is 11.0. The molecule has 5 heteroatoms. The second kappa shape index (κ2) is 7.19. The monoisotopic (exact) mass is 400 g/mol. The summed E-state index contributed by atoms with van der Waals surface area (Å²) < 4.78 is 0. The normalized spacial score (nSPS) is 43.2. The first kappa shape index (κ1) is 20.5. The highest BCUT2D eigenvalue weighted by molar-refractivity contribution is 6.01. The molecular formula is C24H32O5. The Kier molecular flexibility index (Phi) is 5.09. The van der Waals surface area contributed by atoms with Crippen molar-refractivity contribution in [2.75, 3.05) is 6.61 Å². The van der Waals surface area contributed by atoms with Gasteiger partial charge in [0.15, 0.2) is 5.78 Å². The summed E-state index contributed by atoms with van der Waals surface area (Å²) >= 11 is 0. The van der Waals surface area contributed by atoms with Crippen LogP contribution in [0.4, 0.5) is 0 Å². The molecule has 4 aliphatic carbocycles. The summed E-state index contributed by atoms with van der Waals surface area (Å²) in [6.07, 6.45) is 10.3. The molecule has 29 heavy (non-hydrogen) atoms. The Morgan fingerprint density at radius 3 is 2.62 bits per heavy atom. The SMILES string of the molecule is C[C@]12CC[C@H]3[C@@H](CCC4=CC(=O)C=C[C@@]43C)[C@@H]1C[C@H](CO)[C@@H]2C(=O)CCC(=O)O. The van der Waals surface area contributed by atoms with Gasteiger partial charge in [-0.15, -0.1) is 0 Å². The number of carboxylic acid groups (broad SMARTS) is 1. The van der Waals surface area contributed by atoms with Crippen molar-refractivity contribution >= 4 is 17.5 Å². The molecule has 0 aromatic heterocycles. The third-order valence-electron chi connectivity index (χ3n) is 8.90. The number of rotatable bonds is 5. The van der Waals surface area contributed by atoms with Gasteiger partial charge in [-0.2, -0.15) is 0 Å². The summed E-state index contributed by atoms with van der Waals surface area (Å²) in [5.41, 5.74) is 0.995. The Bertz CT molecular complexity index is 795. The lowest BCUT2D eigenvalue weighted by atomic mass is 9.47. The summed E-state index contributed by atoms with van der Waals surface area (Å²) in [7, 11) is 0. The summed E-state index contributed by atoms with van der Waals surface area (Å²) in [6, 6.07) is 0. The average Bonchev–Trinajstić information content (AvgIpc) is 2.99. The van der Waals surface area contributed by atoms with Crippen LogP contribution in [0.15, 0.2) is 23.8 Å². The Morgan fingerprint density at radius 1 is 1.17 bits per heavy atom. The molecule has 0 aliphatic heterocycles. The number of carbonyl (C=O) groups excluding carboxylic acids is 2. The van der Waals surface area contributed by atoms with E-state index in [1.807, 2.05) is 6.08 Å². The van der Waals surface area contributed by atoms with Gasteiger partial charge in [-0.3, -0.25) is 14.4 Å². The van der Waals surface area contributed by atoms with Gasteiger partial charge in [0.2, 0.25) is 0 Å². The van der Waals surface area contributed by atoms with Crippen molar-refractivity contribution in [3.8, 4) is 0 Å². The molecule has 3 saturated carbocycles. The van der Waals surface area contributed by atoms with Crippen LogP contribution in [-0.2, 0) is 14.4 Å². The lowest BCUT2D eigenvalue weighted by Crippen LogP contribution is -2.50. The summed E-state index contributed by atoms with van der Waals surface area (Å²) in [6.45, 7) is 4.46. The molecule has 0 unspecified atom stereocenters. The Balaban J connectivity index is 1.62. The number of aliphatic hydroxyl groups is 1. The maximum Gasteiger partial charge on any atom is 0.303 e. The van der Waals surface area contributed by atoms with Crippen LogP contribution in [0.25, 0.3) is 0 Å². The minimum Gasteiger partial charge on any atom is -0.481 e. The van der Waals surface area contributed by atoms with Gasteiger partial charge in [0.25, 0.3) is 0 Å². The van der Waals surface area contributed by atoms with E-state index in [0.29, 0.717) is 17.8 Å². The van der Waals surface area contributed by atoms with Crippen LogP contribution in [-0.4, -0.2) is 34.4 Å². The number of carbonyl (C=O) groups is 3. The first-order chi connectivity index (χ1) is 13.7. The Labute approximate surface area is 172 Å². The summed E-state index contributed by atoms with van der Waals surface area (Å²) in [4.78, 5) is 35.9. The second-order valence-electron chi connectivity index (χ2n) is 10.2. The molecule has 0 saturated heterocycles. The van der Waals surface area contributed by atoms with Crippen LogP contribution in [0.2, 0.25) is 0 Å². The van der Waals surface area contributed by atoms with E-state index < -0.39 is 5.97 Å². The van der Waals surface area contributed by atoms with Crippen LogP contribution in [0.3, 0.4) is 0 Å². The first-order valence-electron chi connectivity index (χ1n) is 11.0. The fourth-order valence-corrected chi connectivity index (χ4v) is 7.57. The van der Waals surface area contributed by atoms with E-state index in [4.69, 9.17) is 5.11 Å². The maximum atomic E-state index is 13.0. The van der Waals surface area contributed by atoms with Crippen molar-refractivity contribution < 1.29 is 24.6 Å². The molecule has 0 amide bonds. The standard InChI is InChI=1S/C24H32O5/c1-23-9-7-16(26)12-15(23)3-4-17-18(23)8-10-24(2)19(17)11-14(13-25)22(24)20(27)5-6-21(28)29/h7,9,12,14,17-19,22,25H,3-6,8,10-11,13H2,1-2H3,(H,28,29)/t14-,17-,18+,19+,22-,23+,24+/m1/s1. The van der Waals surface area contributed by atoms with Gasteiger partial charge in [-0.05, 0) is 73.3 Å². The second-order valence-corrected chi connectivity index (χ2v) is 10.2. The molecule has 0 aromatic rings. The lowest BCUT2D eigenvalue weighted by Gasteiger charge is -2.57. The van der Waals surface area contributed by atoms with Crippen molar-refractivity contribution in [3.05, 3.63) is 23.8 Å². The van der Waals surface area contributed by atoms with E-state index in [1.54, 1.807) is 6.08 Å². The highest BCUT2D eigenvalue weighted by Gasteiger charge is 2.62. The van der Waals surface area contributed by atoms with Crippen LogP contribution in [0.1, 0.15) is 58.8 Å². The molecular weight excluding hydrogens is 368 g/mol. The molecule has 3 fully saturated rings. The summed E-state index contributed by atoms with van der Waals surface area (Å²) in [5.74, 6) is 0.131. The van der Waals surface area contributed by atoms with Crippen molar-refractivity contribution in [1.82, 2.24) is 0 Å². The number of hydrogen-bond acceptors (Lipinski definition) is 4. The fourth-order valence-electron chi connectivity index (χ4n) is 7.57. The highest BCUT2D eigenvalue weighted by atomic mass is 16.4. The molecule has 0 radical (unpaired) electrons. The van der Waals surface area contributed by atoms with E-state index in [-0.39, 0.29) is 53.7 Å². The largest absolute Gasteiger partial charge is 0.481 e. The molecule has 4 rings (SSSR count).